The van der Waals surface area contributed by atoms with Crippen LogP contribution in [0, 0.1) is 16.7 Å². The molecule has 2 heteroatoms. The van der Waals surface area contributed by atoms with Crippen LogP contribution < -0.4 is 10.6 Å². The standard InChI is InChI=1S/C17H34N2/c1-12(2)9-13-10-19-15(17(6,7)8)14(11-18-13)16(3,4)5/h12-13,18-19H,9-11H2,1-8H3/t13-/m1/s1. The van der Waals surface area contributed by atoms with Crippen molar-refractivity contribution in [3.05, 3.63) is 11.3 Å². The smallest absolute Gasteiger partial charge is 0.0298 e. The number of allylic oxidation sites excluding steroid dienone is 1. The monoisotopic (exact) mass is 266 g/mol. The molecule has 0 aliphatic carbocycles. The summed E-state index contributed by atoms with van der Waals surface area (Å²) in [5, 5.41) is 7.50. The molecule has 1 heterocycles. The average Bonchev–Trinajstić information content (AvgIpc) is 2.37. The highest BCUT2D eigenvalue weighted by Gasteiger charge is 2.30. The zero-order valence-electron chi connectivity index (χ0n) is 14.3. The largest absolute Gasteiger partial charge is 0.386 e. The molecule has 0 saturated heterocycles. The first-order valence-electron chi connectivity index (χ1n) is 7.73. The second kappa shape index (κ2) is 5.87. The number of rotatable bonds is 2. The molecule has 1 atom stereocenters. The Morgan fingerprint density at radius 1 is 1.05 bits per heavy atom. The first-order valence-corrected chi connectivity index (χ1v) is 7.73. The van der Waals surface area contributed by atoms with Gasteiger partial charge in [0, 0.05) is 30.2 Å². The fourth-order valence-electron chi connectivity index (χ4n) is 2.83. The maximum atomic E-state index is 3.75. The van der Waals surface area contributed by atoms with Crippen LogP contribution in [-0.4, -0.2) is 19.1 Å². The minimum absolute atomic E-state index is 0.191. The minimum Gasteiger partial charge on any atom is -0.386 e. The molecule has 0 saturated carbocycles. The fraction of sp³-hybridized carbons (Fsp3) is 0.882. The number of hydrogen-bond acceptors (Lipinski definition) is 2. The van der Waals surface area contributed by atoms with Crippen molar-refractivity contribution in [2.75, 3.05) is 13.1 Å². The van der Waals surface area contributed by atoms with E-state index in [9.17, 15) is 0 Å². The van der Waals surface area contributed by atoms with Gasteiger partial charge in [-0.2, -0.15) is 0 Å². The molecule has 0 unspecified atom stereocenters. The van der Waals surface area contributed by atoms with Gasteiger partial charge in [-0.15, -0.1) is 0 Å². The van der Waals surface area contributed by atoms with Crippen molar-refractivity contribution in [3.8, 4) is 0 Å². The van der Waals surface area contributed by atoms with Gasteiger partial charge in [0.2, 0.25) is 0 Å². The van der Waals surface area contributed by atoms with Crippen LogP contribution >= 0.6 is 0 Å². The van der Waals surface area contributed by atoms with Gasteiger partial charge in [-0.3, -0.25) is 0 Å². The lowest BCUT2D eigenvalue weighted by atomic mass is 9.78. The van der Waals surface area contributed by atoms with E-state index in [-0.39, 0.29) is 10.8 Å². The van der Waals surface area contributed by atoms with Gasteiger partial charge in [-0.1, -0.05) is 55.4 Å². The van der Waals surface area contributed by atoms with Gasteiger partial charge >= 0.3 is 0 Å². The van der Waals surface area contributed by atoms with E-state index in [0.717, 1.165) is 19.0 Å². The molecule has 0 bridgehead atoms. The molecular weight excluding hydrogens is 232 g/mol. The van der Waals surface area contributed by atoms with Crippen LogP contribution in [0.3, 0.4) is 0 Å². The van der Waals surface area contributed by atoms with E-state index in [1.807, 2.05) is 0 Å². The third-order valence-electron chi connectivity index (χ3n) is 3.81. The lowest BCUT2D eigenvalue weighted by Crippen LogP contribution is -2.38. The molecule has 0 aromatic rings. The Morgan fingerprint density at radius 3 is 2.05 bits per heavy atom. The topological polar surface area (TPSA) is 24.1 Å². The van der Waals surface area contributed by atoms with Gasteiger partial charge in [0.1, 0.15) is 0 Å². The Hall–Kier alpha value is -0.500. The van der Waals surface area contributed by atoms with Crippen molar-refractivity contribution in [1.82, 2.24) is 10.6 Å². The van der Waals surface area contributed by atoms with Crippen LogP contribution in [0.1, 0.15) is 61.8 Å². The predicted octanol–water partition coefficient (Wildman–Crippen LogP) is 3.94. The zero-order chi connectivity index (χ0) is 14.8. The summed E-state index contributed by atoms with van der Waals surface area (Å²) in [7, 11) is 0. The average molecular weight is 266 g/mol. The van der Waals surface area contributed by atoms with E-state index in [1.165, 1.54) is 17.7 Å². The van der Waals surface area contributed by atoms with Crippen molar-refractivity contribution in [2.24, 2.45) is 16.7 Å². The summed E-state index contributed by atoms with van der Waals surface area (Å²) in [4.78, 5) is 0. The molecule has 0 amide bonds. The van der Waals surface area contributed by atoms with Crippen LogP contribution in [0.2, 0.25) is 0 Å². The summed E-state index contributed by atoms with van der Waals surface area (Å²) >= 11 is 0. The minimum atomic E-state index is 0.191. The lowest BCUT2D eigenvalue weighted by Gasteiger charge is -2.32. The summed E-state index contributed by atoms with van der Waals surface area (Å²) in [6.45, 7) is 20.5. The third kappa shape index (κ3) is 4.83. The van der Waals surface area contributed by atoms with E-state index in [2.05, 4.69) is 66.0 Å². The number of nitrogens with one attached hydrogen (secondary N) is 2. The molecule has 0 spiro atoms. The zero-order valence-corrected chi connectivity index (χ0v) is 14.3. The van der Waals surface area contributed by atoms with Crippen molar-refractivity contribution in [3.63, 3.8) is 0 Å². The van der Waals surface area contributed by atoms with Gasteiger partial charge in [-0.25, -0.2) is 0 Å². The SMILES string of the molecule is CC(C)C[C@@H]1CNC(C(C)(C)C)=C(C(C)(C)C)CN1. The van der Waals surface area contributed by atoms with Crippen molar-refractivity contribution < 1.29 is 0 Å². The molecule has 19 heavy (non-hydrogen) atoms. The molecular formula is C17H34N2. The lowest BCUT2D eigenvalue weighted by molar-refractivity contribution is 0.409. The molecule has 2 nitrogen and oxygen atoms in total. The summed E-state index contributed by atoms with van der Waals surface area (Å²) in [5.41, 5.74) is 3.39. The Labute approximate surface area is 120 Å². The second-order valence-electron chi connectivity index (χ2n) is 8.44. The van der Waals surface area contributed by atoms with Crippen molar-refractivity contribution in [2.45, 2.75) is 67.9 Å². The molecule has 1 aliphatic rings. The maximum Gasteiger partial charge on any atom is 0.0298 e. The fourth-order valence-corrected chi connectivity index (χ4v) is 2.83. The molecule has 1 rings (SSSR count). The van der Waals surface area contributed by atoms with Gasteiger partial charge in [-0.05, 0) is 23.3 Å². The quantitative estimate of drug-likeness (QED) is 0.791. The molecule has 2 N–H and O–H groups in total. The Balaban J connectivity index is 2.96. The van der Waals surface area contributed by atoms with Crippen LogP contribution in [0.25, 0.3) is 0 Å². The van der Waals surface area contributed by atoms with E-state index in [1.54, 1.807) is 0 Å². The van der Waals surface area contributed by atoms with Crippen molar-refractivity contribution >= 4 is 0 Å². The first-order chi connectivity index (χ1) is 8.51. The van der Waals surface area contributed by atoms with Gasteiger partial charge in [0.25, 0.3) is 0 Å². The van der Waals surface area contributed by atoms with Gasteiger partial charge < -0.3 is 10.6 Å². The van der Waals surface area contributed by atoms with E-state index in [0.29, 0.717) is 6.04 Å². The molecule has 0 aromatic heterocycles. The summed E-state index contributed by atoms with van der Waals surface area (Å²) in [6.07, 6.45) is 1.24. The van der Waals surface area contributed by atoms with Gasteiger partial charge in [0.05, 0.1) is 0 Å². The van der Waals surface area contributed by atoms with Crippen LogP contribution in [-0.2, 0) is 0 Å². The van der Waals surface area contributed by atoms with Crippen molar-refractivity contribution in [1.29, 1.82) is 0 Å². The van der Waals surface area contributed by atoms with Crippen LogP contribution in [0.5, 0.6) is 0 Å². The molecule has 1 aliphatic heterocycles. The highest BCUT2D eigenvalue weighted by atomic mass is 15.0. The summed E-state index contributed by atoms with van der Waals surface area (Å²) in [6, 6.07) is 0.581. The summed E-state index contributed by atoms with van der Waals surface area (Å²) in [5.74, 6) is 0.744. The van der Waals surface area contributed by atoms with Crippen LogP contribution in [0.4, 0.5) is 0 Å². The highest BCUT2D eigenvalue weighted by molar-refractivity contribution is 5.26. The number of hydrogen-bond donors (Lipinski definition) is 2. The Kier molecular flexibility index (Phi) is 5.11. The first kappa shape index (κ1) is 16.6. The molecule has 0 fully saturated rings. The van der Waals surface area contributed by atoms with E-state index < -0.39 is 0 Å². The second-order valence-corrected chi connectivity index (χ2v) is 8.44. The van der Waals surface area contributed by atoms with Gasteiger partial charge in [0.15, 0.2) is 0 Å². The Morgan fingerprint density at radius 2 is 1.63 bits per heavy atom. The van der Waals surface area contributed by atoms with E-state index >= 15 is 0 Å². The third-order valence-corrected chi connectivity index (χ3v) is 3.81. The molecule has 0 radical (unpaired) electrons. The summed E-state index contributed by atoms with van der Waals surface area (Å²) < 4.78 is 0. The predicted molar refractivity (Wildman–Crippen MR) is 85.2 cm³/mol. The maximum absolute atomic E-state index is 3.75. The molecule has 0 aromatic carbocycles. The Bertz CT molecular complexity index is 298. The molecule has 112 valence electrons. The van der Waals surface area contributed by atoms with Crippen LogP contribution in [0.15, 0.2) is 11.3 Å². The normalized spacial score (nSPS) is 22.5. The highest BCUT2D eigenvalue weighted by Crippen LogP contribution is 2.35. The van der Waals surface area contributed by atoms with E-state index in [4.69, 9.17) is 0 Å².